The zero-order chi connectivity index (χ0) is 44.1. The van der Waals surface area contributed by atoms with Crippen LogP contribution in [0.1, 0.15) is 75.8 Å². The molecule has 2 atom stereocenters. The van der Waals surface area contributed by atoms with Crippen LogP contribution in [0.2, 0.25) is 5.02 Å². The molecule has 5 aromatic rings. The minimum absolute atomic E-state index is 0.104. The van der Waals surface area contributed by atoms with Gasteiger partial charge in [0.15, 0.2) is 12.4 Å². The van der Waals surface area contributed by atoms with Gasteiger partial charge in [0.2, 0.25) is 23.5 Å². The number of alkyl halides is 2. The standard InChI is InChI=1S/C46H51ClF2N10O5/c1-56-34-9-5-26(19-32(34)38-39(43(56)62)63-24-46(48,49)40(53-38)25-3-4-25)51-41-33(47)21-50-44(54-41)59-22-45(23-59)15-11-28(12-16-45)64-29-13-17-58(18-14-29)27-6-7-30-35(20-27)57(2)55-37(30)31-8-10-36(60)52-42(31)61/h5-7,9,19-21,25,28-29,31,40,53H,3-4,8,10-18,22-24H2,1-2H3,(H,50,51,54)(H,52,60,61). The van der Waals surface area contributed by atoms with Crippen molar-refractivity contribution < 1.29 is 27.8 Å². The van der Waals surface area contributed by atoms with Crippen LogP contribution in [-0.2, 0) is 28.4 Å². The van der Waals surface area contributed by atoms with Gasteiger partial charge in [-0.3, -0.25) is 24.4 Å². The molecule has 0 bridgehead atoms. The van der Waals surface area contributed by atoms with Crippen LogP contribution in [0.3, 0.4) is 0 Å². The van der Waals surface area contributed by atoms with E-state index in [2.05, 4.69) is 48.9 Å². The van der Waals surface area contributed by atoms with Crippen LogP contribution in [0.4, 0.5) is 37.6 Å². The number of nitrogens with zero attached hydrogens (tertiary/aromatic N) is 7. The average molecular weight is 897 g/mol. The highest BCUT2D eigenvalue weighted by atomic mass is 35.5. The minimum atomic E-state index is -3.13. The second-order valence-corrected chi connectivity index (χ2v) is 19.3. The lowest BCUT2D eigenvalue weighted by Crippen LogP contribution is -2.58. The number of amides is 2. The van der Waals surface area contributed by atoms with Crippen LogP contribution in [0, 0.1) is 11.3 Å². The second-order valence-electron chi connectivity index (χ2n) is 18.9. The lowest BCUT2D eigenvalue weighted by Gasteiger charge is -2.53. The highest BCUT2D eigenvalue weighted by Gasteiger charge is 2.51. The van der Waals surface area contributed by atoms with Crippen LogP contribution in [-0.4, -0.2) is 93.1 Å². The molecule has 2 aromatic carbocycles. The largest absolute Gasteiger partial charge is 0.480 e. The monoisotopic (exact) mass is 896 g/mol. The number of nitrogens with one attached hydrogen (secondary N) is 3. The molecule has 4 aliphatic heterocycles. The zero-order valence-electron chi connectivity index (χ0n) is 35.8. The predicted molar refractivity (Wildman–Crippen MR) is 239 cm³/mol. The number of imide groups is 1. The first-order valence-corrected chi connectivity index (χ1v) is 22.9. The number of fused-ring (bicyclic) bond motifs is 4. The van der Waals surface area contributed by atoms with Gasteiger partial charge in [0.1, 0.15) is 5.02 Å². The van der Waals surface area contributed by atoms with Crippen molar-refractivity contribution in [3.8, 4) is 5.75 Å². The summed E-state index contributed by atoms with van der Waals surface area (Å²) in [6.45, 7) is 2.64. The fourth-order valence-corrected chi connectivity index (χ4v) is 10.9. The van der Waals surface area contributed by atoms with Crippen molar-refractivity contribution in [1.82, 2.24) is 29.6 Å². The van der Waals surface area contributed by atoms with Crippen molar-refractivity contribution in [2.75, 3.05) is 53.2 Å². The molecule has 5 fully saturated rings. The molecule has 3 saturated heterocycles. The van der Waals surface area contributed by atoms with Gasteiger partial charge in [-0.2, -0.15) is 10.1 Å². The van der Waals surface area contributed by atoms with Crippen LogP contribution < -0.4 is 36.0 Å². The van der Waals surface area contributed by atoms with Gasteiger partial charge < -0.3 is 34.5 Å². The zero-order valence-corrected chi connectivity index (χ0v) is 36.6. The summed E-state index contributed by atoms with van der Waals surface area (Å²) in [4.78, 5) is 51.6. The van der Waals surface area contributed by atoms with Crippen molar-refractivity contribution in [3.63, 3.8) is 0 Å². The number of piperidine rings is 2. The van der Waals surface area contributed by atoms with Gasteiger partial charge in [0.25, 0.3) is 5.56 Å². The van der Waals surface area contributed by atoms with Crippen LogP contribution in [0.5, 0.6) is 5.75 Å². The van der Waals surface area contributed by atoms with E-state index in [1.54, 1.807) is 19.3 Å². The molecule has 2 saturated carbocycles. The number of benzene rings is 2. The number of carbonyl (C=O) groups excluding carboxylic acids is 2. The van der Waals surface area contributed by atoms with Crippen molar-refractivity contribution >= 4 is 74.0 Å². The summed E-state index contributed by atoms with van der Waals surface area (Å²) < 4.78 is 45.9. The van der Waals surface area contributed by atoms with E-state index in [0.29, 0.717) is 59.1 Å². The average Bonchev–Trinajstić information content (AvgIpc) is 4.08. The number of ether oxygens (including phenoxy) is 2. The highest BCUT2D eigenvalue weighted by molar-refractivity contribution is 6.33. The Balaban J connectivity index is 0.693. The Morgan fingerprint density at radius 2 is 1.67 bits per heavy atom. The lowest BCUT2D eigenvalue weighted by molar-refractivity contribution is -0.134. The highest BCUT2D eigenvalue weighted by Crippen LogP contribution is 2.48. The number of aromatic nitrogens is 5. The van der Waals surface area contributed by atoms with E-state index < -0.39 is 30.0 Å². The third-order valence-corrected chi connectivity index (χ3v) is 14.8. The van der Waals surface area contributed by atoms with E-state index in [1.807, 2.05) is 23.9 Å². The van der Waals surface area contributed by atoms with Crippen molar-refractivity contribution in [2.45, 2.75) is 94.3 Å². The summed E-state index contributed by atoms with van der Waals surface area (Å²) in [5, 5.41) is 15.4. The van der Waals surface area contributed by atoms with Crippen molar-refractivity contribution in [2.24, 2.45) is 25.4 Å². The summed E-state index contributed by atoms with van der Waals surface area (Å²) in [7, 11) is 3.51. The molecule has 2 unspecified atom stereocenters. The molecule has 7 heterocycles. The third kappa shape index (κ3) is 7.37. The van der Waals surface area contributed by atoms with Crippen LogP contribution >= 0.6 is 11.6 Å². The number of carbonyl (C=O) groups is 2. The molecular formula is C46H51ClF2N10O5. The van der Waals surface area contributed by atoms with Gasteiger partial charge in [-0.05, 0) is 100 Å². The van der Waals surface area contributed by atoms with E-state index in [-0.39, 0.29) is 46.8 Å². The Hall–Kier alpha value is -5.55. The normalized spacial score (nSPS) is 23.6. The molecule has 1 spiro atoms. The Labute approximate surface area is 372 Å². The topological polar surface area (TPSA) is 161 Å². The maximum absolute atomic E-state index is 15.2. The third-order valence-electron chi connectivity index (χ3n) is 14.6. The number of aryl methyl sites for hydroxylation is 2. The second kappa shape index (κ2) is 15.6. The lowest BCUT2D eigenvalue weighted by atomic mass is 9.68. The van der Waals surface area contributed by atoms with Gasteiger partial charge in [0, 0.05) is 74.3 Å². The van der Waals surface area contributed by atoms with Crippen molar-refractivity contribution in [1.29, 1.82) is 0 Å². The minimum Gasteiger partial charge on any atom is -0.480 e. The predicted octanol–water partition coefficient (Wildman–Crippen LogP) is 6.79. The molecule has 0 radical (unpaired) electrons. The van der Waals surface area contributed by atoms with Crippen LogP contribution in [0.25, 0.3) is 21.8 Å². The Bertz CT molecular complexity index is 2750. The smallest absolute Gasteiger partial charge is 0.301 e. The molecule has 2 aliphatic carbocycles. The SMILES string of the molecule is Cn1nc(C2CCC(=O)NC2=O)c2ccc(N3CCC(OC4CCC5(CC4)CN(c4ncc(Cl)c(Nc6ccc7c(c6)c6c(c(=O)n7C)OCC(F)(F)C(C7CC7)N6)n4)C5)CC3)cc21. The summed E-state index contributed by atoms with van der Waals surface area (Å²) in [5.41, 5.74) is 4.04. The maximum atomic E-state index is 15.2. The number of anilines is 5. The Kier molecular flexibility index (Phi) is 10.0. The molecule has 2 amide bonds. The molecule has 336 valence electrons. The van der Waals surface area contributed by atoms with Gasteiger partial charge in [-0.1, -0.05) is 11.6 Å². The van der Waals surface area contributed by atoms with E-state index in [9.17, 15) is 14.4 Å². The first-order valence-electron chi connectivity index (χ1n) is 22.5. The Morgan fingerprint density at radius 1 is 0.906 bits per heavy atom. The first-order chi connectivity index (χ1) is 30.8. The van der Waals surface area contributed by atoms with Gasteiger partial charge in [-0.25, -0.2) is 13.8 Å². The molecule has 64 heavy (non-hydrogen) atoms. The van der Waals surface area contributed by atoms with Gasteiger partial charge >= 0.3 is 5.92 Å². The van der Waals surface area contributed by atoms with E-state index in [4.69, 9.17) is 31.2 Å². The summed E-state index contributed by atoms with van der Waals surface area (Å²) >= 11 is 6.64. The van der Waals surface area contributed by atoms with E-state index in [0.717, 1.165) is 87.0 Å². The van der Waals surface area contributed by atoms with Crippen LogP contribution in [0.15, 0.2) is 47.4 Å². The molecule has 3 N–H and O–H groups in total. The quantitative estimate of drug-likeness (QED) is 0.140. The molecule has 3 aromatic heterocycles. The fourth-order valence-electron chi connectivity index (χ4n) is 10.8. The molecule has 18 heteroatoms. The first kappa shape index (κ1) is 41.2. The number of rotatable bonds is 8. The molecule has 11 rings (SSSR count). The van der Waals surface area contributed by atoms with Crippen molar-refractivity contribution in [3.05, 3.63) is 63.7 Å². The fraction of sp³-hybridized carbons (Fsp3) is 0.522. The maximum Gasteiger partial charge on any atom is 0.301 e. The molecule has 15 nitrogen and oxygen atoms in total. The summed E-state index contributed by atoms with van der Waals surface area (Å²) in [6, 6.07) is 10.6. The van der Waals surface area contributed by atoms with Gasteiger partial charge in [0.05, 0.1) is 52.8 Å². The summed E-state index contributed by atoms with van der Waals surface area (Å²) in [6.07, 6.45) is 10.4. The summed E-state index contributed by atoms with van der Waals surface area (Å²) in [5.74, 6) is -3.33. The number of halogens is 3. The molecular weight excluding hydrogens is 846 g/mol. The van der Waals surface area contributed by atoms with Gasteiger partial charge in [-0.15, -0.1) is 0 Å². The van der Waals surface area contributed by atoms with E-state index >= 15 is 8.78 Å². The molecule has 6 aliphatic rings. The number of hydrogen-bond donors (Lipinski definition) is 3. The number of hydrogen-bond acceptors (Lipinski definition) is 12. The number of pyridine rings is 1. The Morgan fingerprint density at radius 3 is 2.42 bits per heavy atom. The van der Waals surface area contributed by atoms with E-state index in [1.165, 1.54) is 4.57 Å².